The molecule has 0 aromatic heterocycles. The molecule has 2 fully saturated rings. The second-order valence-corrected chi connectivity index (χ2v) is 6.40. The van der Waals surface area contributed by atoms with E-state index in [1.54, 1.807) is 0 Å². The zero-order chi connectivity index (χ0) is 15.4. The first-order chi connectivity index (χ1) is 10.8. The number of carbonyl (C=O) groups excluding carboxylic acids is 1. The van der Waals surface area contributed by atoms with Gasteiger partial charge in [0, 0.05) is 31.7 Å². The lowest BCUT2D eigenvalue weighted by Gasteiger charge is -2.49. The number of likely N-dealkylation sites (tertiary alicyclic amines) is 1. The van der Waals surface area contributed by atoms with Gasteiger partial charge in [0.05, 0.1) is 13.2 Å². The predicted molar refractivity (Wildman–Crippen MR) is 86.5 cm³/mol. The van der Waals surface area contributed by atoms with Gasteiger partial charge in [0.2, 0.25) is 0 Å². The summed E-state index contributed by atoms with van der Waals surface area (Å²) in [6.07, 6.45) is 3.68. The maximum absolute atomic E-state index is 11.8. The van der Waals surface area contributed by atoms with Crippen LogP contribution in [0.5, 0.6) is 0 Å². The molecule has 2 bridgehead atoms. The van der Waals surface area contributed by atoms with E-state index in [1.807, 2.05) is 6.92 Å². The molecule has 1 aromatic carbocycles. The van der Waals surface area contributed by atoms with Gasteiger partial charge in [0.1, 0.15) is 0 Å². The standard InChI is InChI=1S/C18H26N2O2/c1-2-22-18(21)14-20-16-9-6-10-17(20)13-19(12-16)11-15-7-4-3-5-8-15/h3-5,7-8,16-17H,2,6,9-14H2,1H3. The van der Waals surface area contributed by atoms with Crippen molar-refractivity contribution >= 4 is 5.97 Å². The molecule has 1 aromatic rings. The maximum Gasteiger partial charge on any atom is 0.320 e. The topological polar surface area (TPSA) is 32.8 Å². The van der Waals surface area contributed by atoms with Crippen LogP contribution in [0.25, 0.3) is 0 Å². The molecular weight excluding hydrogens is 276 g/mol. The molecule has 120 valence electrons. The molecule has 22 heavy (non-hydrogen) atoms. The Morgan fingerprint density at radius 2 is 1.86 bits per heavy atom. The van der Waals surface area contributed by atoms with E-state index in [9.17, 15) is 4.79 Å². The van der Waals surface area contributed by atoms with Crippen LogP contribution in [0.1, 0.15) is 31.7 Å². The number of hydrogen-bond acceptors (Lipinski definition) is 4. The zero-order valence-electron chi connectivity index (χ0n) is 13.4. The molecule has 0 amide bonds. The summed E-state index contributed by atoms with van der Waals surface area (Å²) in [7, 11) is 0. The van der Waals surface area contributed by atoms with Crippen molar-refractivity contribution < 1.29 is 9.53 Å². The third-order valence-corrected chi connectivity index (χ3v) is 4.82. The van der Waals surface area contributed by atoms with E-state index in [1.165, 1.54) is 24.8 Å². The average molecular weight is 302 g/mol. The molecule has 2 heterocycles. The van der Waals surface area contributed by atoms with Crippen LogP contribution >= 0.6 is 0 Å². The molecule has 3 rings (SSSR count). The highest BCUT2D eigenvalue weighted by molar-refractivity contribution is 5.71. The molecule has 4 heteroatoms. The van der Waals surface area contributed by atoms with Crippen molar-refractivity contribution in [1.82, 2.24) is 9.80 Å². The van der Waals surface area contributed by atoms with Gasteiger partial charge in [-0.2, -0.15) is 0 Å². The van der Waals surface area contributed by atoms with Crippen LogP contribution in [0.2, 0.25) is 0 Å². The second-order valence-electron chi connectivity index (χ2n) is 6.40. The minimum atomic E-state index is -0.0732. The lowest BCUT2D eigenvalue weighted by atomic mass is 9.91. The van der Waals surface area contributed by atoms with Crippen molar-refractivity contribution in [2.24, 2.45) is 0 Å². The van der Waals surface area contributed by atoms with Gasteiger partial charge in [-0.05, 0) is 25.3 Å². The van der Waals surface area contributed by atoms with Gasteiger partial charge < -0.3 is 4.74 Å². The summed E-state index contributed by atoms with van der Waals surface area (Å²) in [6, 6.07) is 11.7. The highest BCUT2D eigenvalue weighted by Gasteiger charge is 2.38. The maximum atomic E-state index is 11.8. The Labute approximate surface area is 133 Å². The molecule has 2 aliphatic heterocycles. The van der Waals surface area contributed by atoms with E-state index in [0.717, 1.165) is 19.6 Å². The van der Waals surface area contributed by atoms with Crippen molar-refractivity contribution in [3.05, 3.63) is 35.9 Å². The predicted octanol–water partition coefficient (Wildman–Crippen LogP) is 2.29. The van der Waals surface area contributed by atoms with E-state index in [4.69, 9.17) is 4.74 Å². The van der Waals surface area contributed by atoms with E-state index < -0.39 is 0 Å². The van der Waals surface area contributed by atoms with Gasteiger partial charge in [-0.15, -0.1) is 0 Å². The number of piperazine rings is 1. The van der Waals surface area contributed by atoms with Crippen molar-refractivity contribution in [1.29, 1.82) is 0 Å². The number of piperidine rings is 1. The van der Waals surface area contributed by atoms with E-state index in [0.29, 0.717) is 25.2 Å². The number of benzene rings is 1. The van der Waals surface area contributed by atoms with Crippen molar-refractivity contribution in [3.63, 3.8) is 0 Å². The molecule has 2 saturated heterocycles. The number of rotatable bonds is 5. The van der Waals surface area contributed by atoms with Gasteiger partial charge in [0.15, 0.2) is 0 Å². The molecule has 0 radical (unpaired) electrons. The van der Waals surface area contributed by atoms with Crippen LogP contribution in [-0.2, 0) is 16.1 Å². The van der Waals surface area contributed by atoms with Crippen molar-refractivity contribution in [2.75, 3.05) is 26.2 Å². The fourth-order valence-electron chi connectivity index (χ4n) is 3.87. The second kappa shape index (κ2) is 7.25. The number of carbonyl (C=O) groups is 1. The van der Waals surface area contributed by atoms with Crippen molar-refractivity contribution in [3.8, 4) is 0 Å². The lowest BCUT2D eigenvalue weighted by molar-refractivity contribution is -0.148. The van der Waals surface area contributed by atoms with Gasteiger partial charge >= 0.3 is 5.97 Å². The first-order valence-corrected chi connectivity index (χ1v) is 8.44. The van der Waals surface area contributed by atoms with Gasteiger partial charge in [-0.1, -0.05) is 36.8 Å². The van der Waals surface area contributed by atoms with Gasteiger partial charge in [-0.3, -0.25) is 14.6 Å². The van der Waals surface area contributed by atoms with E-state index in [-0.39, 0.29) is 5.97 Å². The number of fused-ring (bicyclic) bond motifs is 2. The molecule has 4 nitrogen and oxygen atoms in total. The average Bonchev–Trinajstić information content (AvgIpc) is 2.49. The Morgan fingerprint density at radius 1 is 1.18 bits per heavy atom. The highest BCUT2D eigenvalue weighted by atomic mass is 16.5. The Balaban J connectivity index is 1.61. The highest BCUT2D eigenvalue weighted by Crippen LogP contribution is 2.29. The number of ether oxygens (including phenoxy) is 1. The summed E-state index contributed by atoms with van der Waals surface area (Å²) in [5.41, 5.74) is 1.37. The fourth-order valence-corrected chi connectivity index (χ4v) is 3.87. The fraction of sp³-hybridized carbons (Fsp3) is 0.611. The van der Waals surface area contributed by atoms with E-state index >= 15 is 0 Å². The van der Waals surface area contributed by atoms with Crippen LogP contribution in [-0.4, -0.2) is 54.1 Å². The summed E-state index contributed by atoms with van der Waals surface area (Å²) in [5.74, 6) is -0.0732. The number of esters is 1. The SMILES string of the molecule is CCOC(=O)CN1C2CCCC1CN(Cc1ccccc1)C2. The Morgan fingerprint density at radius 3 is 2.50 bits per heavy atom. The summed E-state index contributed by atoms with van der Waals surface area (Å²) in [4.78, 5) is 16.8. The minimum Gasteiger partial charge on any atom is -0.465 e. The summed E-state index contributed by atoms with van der Waals surface area (Å²) < 4.78 is 5.14. The quantitative estimate of drug-likeness (QED) is 0.781. The molecule has 0 aliphatic carbocycles. The first kappa shape index (κ1) is 15.5. The third kappa shape index (κ3) is 3.68. The molecule has 0 saturated carbocycles. The molecule has 0 N–H and O–H groups in total. The van der Waals surface area contributed by atoms with Crippen LogP contribution in [0.3, 0.4) is 0 Å². The number of hydrogen-bond donors (Lipinski definition) is 0. The molecule has 2 unspecified atom stereocenters. The zero-order valence-corrected chi connectivity index (χ0v) is 13.4. The summed E-state index contributed by atoms with van der Waals surface area (Å²) in [5, 5.41) is 0. The minimum absolute atomic E-state index is 0.0732. The first-order valence-electron chi connectivity index (χ1n) is 8.44. The Hall–Kier alpha value is -1.39. The normalized spacial score (nSPS) is 25.9. The van der Waals surface area contributed by atoms with Crippen LogP contribution in [0.15, 0.2) is 30.3 Å². The molecule has 2 aliphatic rings. The summed E-state index contributed by atoms with van der Waals surface area (Å²) in [6.45, 7) is 5.94. The van der Waals surface area contributed by atoms with Gasteiger partial charge in [0.25, 0.3) is 0 Å². The largest absolute Gasteiger partial charge is 0.465 e. The summed E-state index contributed by atoms with van der Waals surface area (Å²) >= 11 is 0. The molecule has 0 spiro atoms. The van der Waals surface area contributed by atoms with E-state index in [2.05, 4.69) is 40.1 Å². The van der Waals surface area contributed by atoms with Crippen molar-refractivity contribution in [2.45, 2.75) is 44.8 Å². The number of nitrogens with zero attached hydrogens (tertiary/aromatic N) is 2. The monoisotopic (exact) mass is 302 g/mol. The van der Waals surface area contributed by atoms with Gasteiger partial charge in [-0.25, -0.2) is 0 Å². The third-order valence-electron chi connectivity index (χ3n) is 4.82. The smallest absolute Gasteiger partial charge is 0.320 e. The Kier molecular flexibility index (Phi) is 5.11. The Bertz CT molecular complexity index is 477. The van der Waals surface area contributed by atoms with Crippen LogP contribution < -0.4 is 0 Å². The van der Waals surface area contributed by atoms with Crippen LogP contribution in [0, 0.1) is 0 Å². The van der Waals surface area contributed by atoms with Crippen LogP contribution in [0.4, 0.5) is 0 Å². The molecular formula is C18H26N2O2. The molecule has 2 atom stereocenters. The lowest BCUT2D eigenvalue weighted by Crippen LogP contribution is -2.61.